The number of hydrogen-bond acceptors (Lipinski definition) is 0. The van der Waals surface area contributed by atoms with E-state index in [9.17, 15) is 0 Å². The van der Waals surface area contributed by atoms with Crippen LogP contribution in [0.2, 0.25) is 0 Å². The van der Waals surface area contributed by atoms with Crippen LogP contribution in [0, 0.1) is 17.3 Å². The SMILES string of the molecule is BrC1=CC2CC3C=CC=CC13C2. The van der Waals surface area contributed by atoms with Gasteiger partial charge in [0, 0.05) is 9.90 Å². The first-order valence-electron chi connectivity index (χ1n) is 4.55. The monoisotopic (exact) mass is 222 g/mol. The van der Waals surface area contributed by atoms with Gasteiger partial charge in [-0.25, -0.2) is 0 Å². The van der Waals surface area contributed by atoms with Gasteiger partial charge < -0.3 is 0 Å². The van der Waals surface area contributed by atoms with Crippen LogP contribution < -0.4 is 0 Å². The molecule has 0 radical (unpaired) electrons. The van der Waals surface area contributed by atoms with E-state index >= 15 is 0 Å². The van der Waals surface area contributed by atoms with Gasteiger partial charge in [0.1, 0.15) is 0 Å². The summed E-state index contributed by atoms with van der Waals surface area (Å²) >= 11 is 3.70. The molecule has 1 fully saturated rings. The van der Waals surface area contributed by atoms with Crippen molar-refractivity contribution in [2.45, 2.75) is 12.8 Å². The Morgan fingerprint density at radius 1 is 1.42 bits per heavy atom. The van der Waals surface area contributed by atoms with Crippen LogP contribution in [-0.4, -0.2) is 0 Å². The van der Waals surface area contributed by atoms with Crippen molar-refractivity contribution in [2.24, 2.45) is 17.3 Å². The topological polar surface area (TPSA) is 0 Å². The third kappa shape index (κ3) is 0.687. The lowest BCUT2D eigenvalue weighted by Gasteiger charge is -2.32. The summed E-state index contributed by atoms with van der Waals surface area (Å²) in [5.41, 5.74) is 0.374. The fraction of sp³-hybridized carbons (Fsp3) is 0.455. The number of hydrogen-bond donors (Lipinski definition) is 0. The normalized spacial score (nSPS) is 47.9. The minimum atomic E-state index is 0.374. The molecule has 3 atom stereocenters. The smallest absolute Gasteiger partial charge is 0.0266 e. The van der Waals surface area contributed by atoms with Crippen LogP contribution in [0.3, 0.4) is 0 Å². The molecule has 12 heavy (non-hydrogen) atoms. The Labute approximate surface area is 81.2 Å². The van der Waals surface area contributed by atoms with Crippen molar-refractivity contribution in [3.8, 4) is 0 Å². The second kappa shape index (κ2) is 2.14. The molecule has 3 unspecified atom stereocenters. The van der Waals surface area contributed by atoms with Gasteiger partial charge >= 0.3 is 0 Å². The van der Waals surface area contributed by atoms with Crippen molar-refractivity contribution in [1.82, 2.24) is 0 Å². The lowest BCUT2D eigenvalue weighted by Crippen LogP contribution is -2.22. The fourth-order valence-electron chi connectivity index (χ4n) is 2.92. The predicted molar refractivity (Wildman–Crippen MR) is 53.9 cm³/mol. The summed E-state index contributed by atoms with van der Waals surface area (Å²) in [5.74, 6) is 1.60. The van der Waals surface area contributed by atoms with Crippen LogP contribution in [0.1, 0.15) is 12.8 Å². The zero-order valence-corrected chi connectivity index (χ0v) is 8.42. The van der Waals surface area contributed by atoms with E-state index in [2.05, 4.69) is 46.3 Å². The Kier molecular flexibility index (Phi) is 1.27. The minimum absolute atomic E-state index is 0.374. The Hall–Kier alpha value is -0.300. The Morgan fingerprint density at radius 3 is 3.08 bits per heavy atom. The van der Waals surface area contributed by atoms with Gasteiger partial charge in [-0.3, -0.25) is 0 Å². The zero-order valence-electron chi connectivity index (χ0n) is 6.83. The van der Waals surface area contributed by atoms with Gasteiger partial charge in [0.25, 0.3) is 0 Å². The molecule has 3 aliphatic carbocycles. The largest absolute Gasteiger partial charge is 0.0802 e. The van der Waals surface area contributed by atoms with Crippen molar-refractivity contribution < 1.29 is 0 Å². The molecule has 0 aromatic heterocycles. The summed E-state index contributed by atoms with van der Waals surface area (Å²) in [6.07, 6.45) is 14.2. The van der Waals surface area contributed by atoms with Crippen LogP contribution in [0.4, 0.5) is 0 Å². The number of rotatable bonds is 0. The number of fused-ring (bicyclic) bond motifs is 1. The van der Waals surface area contributed by atoms with Crippen LogP contribution >= 0.6 is 15.9 Å². The third-order valence-electron chi connectivity index (χ3n) is 3.49. The van der Waals surface area contributed by atoms with Gasteiger partial charge in [0.05, 0.1) is 0 Å². The van der Waals surface area contributed by atoms with Crippen molar-refractivity contribution >= 4 is 15.9 Å². The molecule has 0 aliphatic heterocycles. The minimum Gasteiger partial charge on any atom is -0.0802 e. The first kappa shape index (κ1) is 7.14. The molecule has 0 N–H and O–H groups in total. The molecule has 1 saturated carbocycles. The molecule has 0 nitrogen and oxygen atoms in total. The molecule has 62 valence electrons. The number of halogens is 1. The van der Waals surface area contributed by atoms with E-state index < -0.39 is 0 Å². The molecule has 0 heterocycles. The van der Waals surface area contributed by atoms with Gasteiger partial charge in [0.2, 0.25) is 0 Å². The molecule has 1 heteroatoms. The standard InChI is InChI=1S/C11H11Br/c12-10-6-8-5-9-3-1-2-4-11(9,10)7-8/h1-4,6,8-9H,5,7H2. The third-order valence-corrected chi connectivity index (χ3v) is 4.50. The predicted octanol–water partition coefficient (Wildman–Crippen LogP) is 3.42. The summed E-state index contributed by atoms with van der Waals surface area (Å²) in [5, 5.41) is 0. The molecule has 3 aliphatic rings. The van der Waals surface area contributed by atoms with E-state index in [0.717, 1.165) is 11.8 Å². The summed E-state index contributed by atoms with van der Waals surface area (Å²) < 4.78 is 1.43. The van der Waals surface area contributed by atoms with Gasteiger partial charge in [-0.05, 0) is 24.7 Å². The maximum atomic E-state index is 3.70. The van der Waals surface area contributed by atoms with E-state index in [1.165, 1.54) is 17.3 Å². The van der Waals surface area contributed by atoms with Crippen LogP contribution in [0.5, 0.6) is 0 Å². The zero-order chi connectivity index (χ0) is 8.18. The average molecular weight is 223 g/mol. The first-order chi connectivity index (χ1) is 5.81. The molecule has 2 bridgehead atoms. The van der Waals surface area contributed by atoms with Crippen LogP contribution in [-0.2, 0) is 0 Å². The fourth-order valence-corrected chi connectivity index (χ4v) is 3.88. The maximum Gasteiger partial charge on any atom is 0.0266 e. The van der Waals surface area contributed by atoms with E-state index in [-0.39, 0.29) is 0 Å². The van der Waals surface area contributed by atoms with E-state index in [1.54, 1.807) is 0 Å². The lowest BCUT2D eigenvalue weighted by molar-refractivity contribution is 0.414. The first-order valence-corrected chi connectivity index (χ1v) is 5.34. The van der Waals surface area contributed by atoms with Crippen molar-refractivity contribution in [3.05, 3.63) is 34.9 Å². The van der Waals surface area contributed by atoms with Gasteiger partial charge in [-0.15, -0.1) is 0 Å². The Balaban J connectivity index is 2.15. The van der Waals surface area contributed by atoms with E-state index in [1.807, 2.05) is 0 Å². The van der Waals surface area contributed by atoms with Crippen molar-refractivity contribution in [2.75, 3.05) is 0 Å². The quantitative estimate of drug-likeness (QED) is 0.590. The summed E-state index contributed by atoms with van der Waals surface area (Å²) in [7, 11) is 0. The van der Waals surface area contributed by atoms with E-state index in [4.69, 9.17) is 0 Å². The molecule has 0 saturated heterocycles. The lowest BCUT2D eigenvalue weighted by atomic mass is 9.75. The number of allylic oxidation sites excluding steroid dienone is 6. The van der Waals surface area contributed by atoms with Gasteiger partial charge in [0.15, 0.2) is 0 Å². The summed E-state index contributed by atoms with van der Waals surface area (Å²) in [4.78, 5) is 0. The highest BCUT2D eigenvalue weighted by Gasteiger charge is 2.50. The highest BCUT2D eigenvalue weighted by atomic mass is 79.9. The van der Waals surface area contributed by atoms with Crippen molar-refractivity contribution in [3.63, 3.8) is 0 Å². The molecule has 0 aromatic carbocycles. The van der Waals surface area contributed by atoms with E-state index in [0.29, 0.717) is 5.41 Å². The van der Waals surface area contributed by atoms with Crippen LogP contribution in [0.25, 0.3) is 0 Å². The average Bonchev–Trinajstić information content (AvgIpc) is 2.55. The molecular formula is C11H11Br. The molecule has 3 rings (SSSR count). The molecule has 0 aromatic rings. The second-order valence-electron chi connectivity index (χ2n) is 4.11. The van der Waals surface area contributed by atoms with Gasteiger partial charge in [-0.1, -0.05) is 46.3 Å². The van der Waals surface area contributed by atoms with Crippen LogP contribution in [0.15, 0.2) is 34.9 Å². The second-order valence-corrected chi connectivity index (χ2v) is 4.96. The Morgan fingerprint density at radius 2 is 2.33 bits per heavy atom. The summed E-state index contributed by atoms with van der Waals surface area (Å²) in [6, 6.07) is 0. The summed E-state index contributed by atoms with van der Waals surface area (Å²) in [6.45, 7) is 0. The molecular weight excluding hydrogens is 212 g/mol. The van der Waals surface area contributed by atoms with Gasteiger partial charge in [-0.2, -0.15) is 0 Å². The molecule has 1 spiro atoms. The Bertz CT molecular complexity index is 311. The highest BCUT2D eigenvalue weighted by Crippen LogP contribution is 2.61. The molecule has 0 amide bonds. The maximum absolute atomic E-state index is 3.70. The highest BCUT2D eigenvalue weighted by molar-refractivity contribution is 9.11. The van der Waals surface area contributed by atoms with Crippen molar-refractivity contribution in [1.29, 1.82) is 0 Å².